The predicted octanol–water partition coefficient (Wildman–Crippen LogP) is 3.85. The molecule has 0 unspecified atom stereocenters. The Morgan fingerprint density at radius 3 is 2.33 bits per heavy atom. The fraction of sp³-hybridized carbons (Fsp3) is 0.235. The molecule has 4 heteroatoms. The molecular formula is C17H19FN2Si. The van der Waals surface area contributed by atoms with E-state index in [1.165, 1.54) is 22.9 Å². The van der Waals surface area contributed by atoms with Crippen LogP contribution in [0.3, 0.4) is 0 Å². The lowest BCUT2D eigenvalue weighted by molar-refractivity contribution is 0.624. The first-order valence-electron chi connectivity index (χ1n) is 6.93. The van der Waals surface area contributed by atoms with Crippen molar-refractivity contribution >= 4 is 18.9 Å². The summed E-state index contributed by atoms with van der Waals surface area (Å²) < 4.78 is 13.2. The van der Waals surface area contributed by atoms with Crippen molar-refractivity contribution in [1.29, 1.82) is 5.26 Å². The number of halogens is 1. The summed E-state index contributed by atoms with van der Waals surface area (Å²) in [4.78, 5) is 0. The summed E-state index contributed by atoms with van der Waals surface area (Å²) in [5.41, 5.74) is 1.98. The lowest BCUT2D eigenvalue weighted by Crippen LogP contribution is -2.37. The Hall–Kier alpha value is -2.12. The molecule has 0 aliphatic heterocycles. The Bertz CT molecular complexity index is 667. The van der Waals surface area contributed by atoms with Crippen molar-refractivity contribution in [1.82, 2.24) is 0 Å². The number of rotatable bonds is 4. The van der Waals surface area contributed by atoms with Crippen molar-refractivity contribution in [3.63, 3.8) is 0 Å². The first-order valence-corrected chi connectivity index (χ1v) is 10.4. The van der Waals surface area contributed by atoms with Crippen LogP contribution in [-0.2, 0) is 6.54 Å². The molecule has 0 amide bonds. The summed E-state index contributed by atoms with van der Waals surface area (Å²) in [6, 6.07) is 15.0. The number of hydrogen-bond acceptors (Lipinski definition) is 2. The lowest BCUT2D eigenvalue weighted by Gasteiger charge is -2.17. The summed E-state index contributed by atoms with van der Waals surface area (Å²) >= 11 is 0. The number of nitrogens with one attached hydrogen (secondary N) is 1. The second-order valence-corrected chi connectivity index (χ2v) is 11.2. The third-order valence-corrected chi connectivity index (χ3v) is 5.47. The van der Waals surface area contributed by atoms with Gasteiger partial charge in [-0.15, -0.1) is 0 Å². The molecule has 0 aliphatic rings. The molecule has 0 aliphatic carbocycles. The molecule has 2 nitrogen and oxygen atoms in total. The van der Waals surface area contributed by atoms with Crippen molar-refractivity contribution in [2.24, 2.45) is 0 Å². The maximum atomic E-state index is 13.2. The molecular weight excluding hydrogens is 279 g/mol. The van der Waals surface area contributed by atoms with Gasteiger partial charge in [-0.3, -0.25) is 0 Å². The highest BCUT2D eigenvalue weighted by Crippen LogP contribution is 2.15. The SMILES string of the molecule is C[Si](C)(C)c1ccc(CNc2ccc(F)c(C#N)c2)cc1. The summed E-state index contributed by atoms with van der Waals surface area (Å²) in [6.45, 7) is 7.62. The average molecular weight is 298 g/mol. The third-order valence-electron chi connectivity index (χ3n) is 3.40. The van der Waals surface area contributed by atoms with E-state index in [2.05, 4.69) is 49.2 Å². The van der Waals surface area contributed by atoms with Gasteiger partial charge < -0.3 is 5.32 Å². The molecule has 0 aromatic heterocycles. The Labute approximate surface area is 126 Å². The molecule has 0 bridgehead atoms. The highest BCUT2D eigenvalue weighted by Gasteiger charge is 2.15. The standard InChI is InChI=1S/C17H19FN2Si/c1-21(2,3)16-7-4-13(5-8-16)12-20-15-6-9-17(18)14(10-15)11-19/h4-10,20H,12H2,1-3H3. The molecule has 0 atom stereocenters. The average Bonchev–Trinajstić information content (AvgIpc) is 2.46. The molecule has 0 saturated heterocycles. The zero-order valence-corrected chi connectivity index (χ0v) is 13.6. The van der Waals surface area contributed by atoms with E-state index in [-0.39, 0.29) is 5.56 Å². The molecule has 2 rings (SSSR count). The van der Waals surface area contributed by atoms with Crippen molar-refractivity contribution in [3.05, 3.63) is 59.4 Å². The van der Waals surface area contributed by atoms with E-state index in [1.807, 2.05) is 6.07 Å². The zero-order chi connectivity index (χ0) is 15.5. The van der Waals surface area contributed by atoms with E-state index in [0.717, 1.165) is 5.69 Å². The van der Waals surface area contributed by atoms with Gasteiger partial charge in [0.25, 0.3) is 0 Å². The monoisotopic (exact) mass is 298 g/mol. The van der Waals surface area contributed by atoms with Gasteiger partial charge >= 0.3 is 0 Å². The minimum atomic E-state index is -1.26. The largest absolute Gasteiger partial charge is 0.381 e. The van der Waals surface area contributed by atoms with Gasteiger partial charge in [0.15, 0.2) is 0 Å². The van der Waals surface area contributed by atoms with Crippen molar-refractivity contribution in [2.45, 2.75) is 26.2 Å². The molecule has 0 saturated carbocycles. The molecule has 0 fully saturated rings. The first-order chi connectivity index (χ1) is 9.90. The van der Waals surface area contributed by atoms with E-state index in [1.54, 1.807) is 6.07 Å². The number of nitriles is 1. The third kappa shape index (κ3) is 3.93. The second kappa shape index (κ2) is 6.11. The summed E-state index contributed by atoms with van der Waals surface area (Å²) in [5.74, 6) is -0.484. The van der Waals surface area contributed by atoms with E-state index >= 15 is 0 Å². The van der Waals surface area contributed by atoms with E-state index in [0.29, 0.717) is 6.54 Å². The first kappa shape index (κ1) is 15.3. The van der Waals surface area contributed by atoms with Crippen LogP contribution in [0.25, 0.3) is 0 Å². The minimum Gasteiger partial charge on any atom is -0.381 e. The minimum absolute atomic E-state index is 0.0640. The molecule has 108 valence electrons. The molecule has 0 radical (unpaired) electrons. The van der Waals surface area contributed by atoms with E-state index in [4.69, 9.17) is 5.26 Å². The molecule has 2 aromatic rings. The number of nitrogens with zero attached hydrogens (tertiary/aromatic N) is 1. The van der Waals surface area contributed by atoms with Gasteiger partial charge in [0.05, 0.1) is 13.6 Å². The van der Waals surface area contributed by atoms with Gasteiger partial charge in [0.2, 0.25) is 0 Å². The highest BCUT2D eigenvalue weighted by atomic mass is 28.3. The number of benzene rings is 2. The topological polar surface area (TPSA) is 35.8 Å². The Kier molecular flexibility index (Phi) is 4.44. The van der Waals surface area contributed by atoms with Crippen LogP contribution in [0.2, 0.25) is 19.6 Å². The summed E-state index contributed by atoms with van der Waals surface area (Å²) in [6.07, 6.45) is 0. The van der Waals surface area contributed by atoms with Gasteiger partial charge in [-0.05, 0) is 23.8 Å². The maximum absolute atomic E-state index is 13.2. The van der Waals surface area contributed by atoms with Gasteiger partial charge in [-0.25, -0.2) is 4.39 Å². The van der Waals surface area contributed by atoms with E-state index in [9.17, 15) is 4.39 Å². The van der Waals surface area contributed by atoms with Gasteiger partial charge in [-0.2, -0.15) is 5.26 Å². The Morgan fingerprint density at radius 1 is 1.10 bits per heavy atom. The number of anilines is 1. The van der Waals surface area contributed by atoms with Crippen LogP contribution in [0.4, 0.5) is 10.1 Å². The van der Waals surface area contributed by atoms with Gasteiger partial charge in [0.1, 0.15) is 11.9 Å². The van der Waals surface area contributed by atoms with Crippen molar-refractivity contribution in [2.75, 3.05) is 5.32 Å². The van der Waals surface area contributed by atoms with Gasteiger partial charge in [-0.1, -0.05) is 49.1 Å². The normalized spacial score (nSPS) is 11.0. The van der Waals surface area contributed by atoms with Crippen LogP contribution in [0.5, 0.6) is 0 Å². The van der Waals surface area contributed by atoms with E-state index < -0.39 is 13.9 Å². The molecule has 0 spiro atoms. The smallest absolute Gasteiger partial charge is 0.141 e. The Balaban J connectivity index is 2.05. The molecule has 1 N–H and O–H groups in total. The molecule has 2 aromatic carbocycles. The molecule has 21 heavy (non-hydrogen) atoms. The lowest BCUT2D eigenvalue weighted by atomic mass is 10.2. The summed E-state index contributed by atoms with van der Waals surface area (Å²) in [5, 5.41) is 13.5. The van der Waals surface area contributed by atoms with Crippen molar-refractivity contribution < 1.29 is 4.39 Å². The fourth-order valence-electron chi connectivity index (χ4n) is 2.05. The van der Waals surface area contributed by atoms with Gasteiger partial charge in [0, 0.05) is 12.2 Å². The zero-order valence-electron chi connectivity index (χ0n) is 12.6. The highest BCUT2D eigenvalue weighted by molar-refractivity contribution is 6.88. The fourth-order valence-corrected chi connectivity index (χ4v) is 3.21. The second-order valence-electron chi connectivity index (χ2n) is 6.11. The molecule has 0 heterocycles. The predicted molar refractivity (Wildman–Crippen MR) is 87.9 cm³/mol. The van der Waals surface area contributed by atoms with Crippen LogP contribution in [0.1, 0.15) is 11.1 Å². The van der Waals surface area contributed by atoms with Crippen LogP contribution in [0.15, 0.2) is 42.5 Å². The van der Waals surface area contributed by atoms with Crippen LogP contribution < -0.4 is 10.5 Å². The summed E-state index contributed by atoms with van der Waals surface area (Å²) in [7, 11) is -1.26. The quantitative estimate of drug-likeness (QED) is 0.870. The van der Waals surface area contributed by atoms with Crippen LogP contribution in [-0.4, -0.2) is 8.07 Å². The van der Waals surface area contributed by atoms with Crippen molar-refractivity contribution in [3.8, 4) is 6.07 Å². The Morgan fingerprint density at radius 2 is 1.76 bits per heavy atom. The van der Waals surface area contributed by atoms with Crippen LogP contribution in [0, 0.1) is 17.1 Å². The maximum Gasteiger partial charge on any atom is 0.141 e. The number of hydrogen-bond donors (Lipinski definition) is 1. The van der Waals surface area contributed by atoms with Crippen LogP contribution >= 0.6 is 0 Å².